The minimum Gasteiger partial charge on any atom is -0.310 e. The molecule has 16 heavy (non-hydrogen) atoms. The molecule has 3 nitrogen and oxygen atoms in total. The first-order chi connectivity index (χ1) is 7.84. The molecule has 0 aliphatic heterocycles. The van der Waals surface area contributed by atoms with Crippen LogP contribution in [0.3, 0.4) is 0 Å². The van der Waals surface area contributed by atoms with Crippen LogP contribution in [0.1, 0.15) is 25.3 Å². The summed E-state index contributed by atoms with van der Waals surface area (Å²) in [6.07, 6.45) is 6.73. The maximum absolute atomic E-state index is 4.33. The first kappa shape index (κ1) is 9.85. The number of hydrogen-bond donors (Lipinski definition) is 1. The van der Waals surface area contributed by atoms with Crippen LogP contribution in [-0.4, -0.2) is 15.7 Å². The van der Waals surface area contributed by atoms with E-state index in [1.165, 1.54) is 23.9 Å². The normalized spacial score (nSPS) is 17.8. The van der Waals surface area contributed by atoms with Crippen LogP contribution >= 0.6 is 0 Å². The van der Waals surface area contributed by atoms with E-state index in [1.54, 1.807) is 0 Å². The van der Waals surface area contributed by atoms with Crippen LogP contribution in [0.15, 0.2) is 30.6 Å². The molecule has 0 aromatic carbocycles. The standard InChI is InChI=1S/C13H17N3/c1-10(11-5-6-11)14-8-12-9-15-16-7-3-2-4-13(12)16/h2-4,7,9-11,14H,5-6,8H2,1H3/t10-/m1/s1. The second kappa shape index (κ2) is 3.91. The van der Waals surface area contributed by atoms with Gasteiger partial charge >= 0.3 is 0 Å². The van der Waals surface area contributed by atoms with Gasteiger partial charge in [-0.1, -0.05) is 6.07 Å². The smallest absolute Gasteiger partial charge is 0.0706 e. The Morgan fingerprint density at radius 1 is 1.50 bits per heavy atom. The zero-order valence-corrected chi connectivity index (χ0v) is 9.56. The van der Waals surface area contributed by atoms with Gasteiger partial charge in [-0.15, -0.1) is 0 Å². The van der Waals surface area contributed by atoms with Gasteiger partial charge in [0.05, 0.1) is 11.7 Å². The van der Waals surface area contributed by atoms with E-state index >= 15 is 0 Å². The van der Waals surface area contributed by atoms with Crippen molar-refractivity contribution < 1.29 is 0 Å². The van der Waals surface area contributed by atoms with Crippen molar-refractivity contribution in [3.05, 3.63) is 36.2 Å². The van der Waals surface area contributed by atoms with E-state index in [2.05, 4.69) is 29.5 Å². The highest BCUT2D eigenvalue weighted by atomic mass is 15.2. The molecule has 1 saturated carbocycles. The molecule has 1 aliphatic rings. The number of rotatable bonds is 4. The number of pyridine rings is 1. The summed E-state index contributed by atoms with van der Waals surface area (Å²) in [5, 5.41) is 7.92. The summed E-state index contributed by atoms with van der Waals surface area (Å²) in [6, 6.07) is 6.82. The molecule has 3 rings (SSSR count). The zero-order valence-electron chi connectivity index (χ0n) is 9.56. The van der Waals surface area contributed by atoms with E-state index in [9.17, 15) is 0 Å². The molecule has 1 aliphatic carbocycles. The highest BCUT2D eigenvalue weighted by Crippen LogP contribution is 2.32. The van der Waals surface area contributed by atoms with Crippen LogP contribution < -0.4 is 5.32 Å². The fraction of sp³-hybridized carbons (Fsp3) is 0.462. The van der Waals surface area contributed by atoms with Gasteiger partial charge in [0.15, 0.2) is 0 Å². The molecule has 1 atom stereocenters. The Kier molecular flexibility index (Phi) is 2.40. The van der Waals surface area contributed by atoms with Crippen molar-refractivity contribution >= 4 is 5.52 Å². The Bertz CT molecular complexity index is 485. The van der Waals surface area contributed by atoms with Crippen LogP contribution in [0.4, 0.5) is 0 Å². The third-order valence-corrected chi connectivity index (χ3v) is 3.45. The Balaban J connectivity index is 1.73. The topological polar surface area (TPSA) is 29.3 Å². The summed E-state index contributed by atoms with van der Waals surface area (Å²) in [6.45, 7) is 3.20. The van der Waals surface area contributed by atoms with E-state index in [0.717, 1.165) is 12.5 Å². The summed E-state index contributed by atoms with van der Waals surface area (Å²) in [5.41, 5.74) is 2.49. The lowest BCUT2D eigenvalue weighted by Crippen LogP contribution is -2.27. The number of nitrogens with one attached hydrogen (secondary N) is 1. The molecule has 1 N–H and O–H groups in total. The van der Waals surface area contributed by atoms with Gasteiger partial charge in [0.2, 0.25) is 0 Å². The highest BCUT2D eigenvalue weighted by molar-refractivity contribution is 5.53. The Hall–Kier alpha value is -1.35. The average molecular weight is 215 g/mol. The Morgan fingerprint density at radius 3 is 3.19 bits per heavy atom. The highest BCUT2D eigenvalue weighted by Gasteiger charge is 2.27. The van der Waals surface area contributed by atoms with E-state index in [1.807, 2.05) is 23.0 Å². The first-order valence-corrected chi connectivity index (χ1v) is 5.99. The molecule has 0 saturated heterocycles. The lowest BCUT2D eigenvalue weighted by Gasteiger charge is -2.11. The van der Waals surface area contributed by atoms with E-state index in [-0.39, 0.29) is 0 Å². The van der Waals surface area contributed by atoms with Crippen molar-refractivity contribution in [1.29, 1.82) is 0 Å². The molecule has 3 heteroatoms. The van der Waals surface area contributed by atoms with Crippen LogP contribution in [0.25, 0.3) is 5.52 Å². The molecular formula is C13H17N3. The second-order valence-corrected chi connectivity index (χ2v) is 4.71. The van der Waals surface area contributed by atoms with Gasteiger partial charge in [-0.2, -0.15) is 5.10 Å². The van der Waals surface area contributed by atoms with Gasteiger partial charge in [-0.25, -0.2) is 4.52 Å². The fourth-order valence-electron chi connectivity index (χ4n) is 2.16. The van der Waals surface area contributed by atoms with Crippen LogP contribution in [0.2, 0.25) is 0 Å². The van der Waals surface area contributed by atoms with E-state index in [4.69, 9.17) is 0 Å². The molecule has 84 valence electrons. The predicted octanol–water partition coefficient (Wildman–Crippen LogP) is 2.22. The van der Waals surface area contributed by atoms with Crippen molar-refractivity contribution in [2.45, 2.75) is 32.4 Å². The SMILES string of the molecule is C[C@@H](NCc1cnn2ccccc12)C1CC1. The van der Waals surface area contributed by atoms with Gasteiger partial charge in [-0.05, 0) is 37.8 Å². The quantitative estimate of drug-likeness (QED) is 0.847. The zero-order chi connectivity index (χ0) is 11.0. The van der Waals surface area contributed by atoms with Gasteiger partial charge < -0.3 is 5.32 Å². The molecule has 1 fully saturated rings. The first-order valence-electron chi connectivity index (χ1n) is 5.99. The fourth-order valence-corrected chi connectivity index (χ4v) is 2.16. The molecule has 0 radical (unpaired) electrons. The second-order valence-electron chi connectivity index (χ2n) is 4.71. The maximum atomic E-state index is 4.33. The summed E-state index contributed by atoms with van der Waals surface area (Å²) < 4.78 is 1.93. The van der Waals surface area contributed by atoms with Crippen molar-refractivity contribution in [2.75, 3.05) is 0 Å². The lowest BCUT2D eigenvalue weighted by molar-refractivity contribution is 0.497. The van der Waals surface area contributed by atoms with Crippen molar-refractivity contribution in [3.8, 4) is 0 Å². The lowest BCUT2D eigenvalue weighted by atomic mass is 10.2. The van der Waals surface area contributed by atoms with Gasteiger partial charge in [0.1, 0.15) is 0 Å². The van der Waals surface area contributed by atoms with Crippen molar-refractivity contribution in [3.63, 3.8) is 0 Å². The number of nitrogens with zero attached hydrogens (tertiary/aromatic N) is 2. The van der Waals surface area contributed by atoms with E-state index in [0.29, 0.717) is 6.04 Å². The number of fused-ring (bicyclic) bond motifs is 1. The van der Waals surface area contributed by atoms with Gasteiger partial charge in [0.25, 0.3) is 0 Å². The van der Waals surface area contributed by atoms with Crippen LogP contribution in [0, 0.1) is 5.92 Å². The monoisotopic (exact) mass is 215 g/mol. The summed E-state index contributed by atoms with van der Waals surface area (Å²) in [4.78, 5) is 0. The molecule has 0 amide bonds. The molecule has 0 unspecified atom stereocenters. The van der Waals surface area contributed by atoms with Crippen LogP contribution in [-0.2, 0) is 6.54 Å². The molecular weight excluding hydrogens is 198 g/mol. The number of aromatic nitrogens is 2. The van der Waals surface area contributed by atoms with Crippen LogP contribution in [0.5, 0.6) is 0 Å². The maximum Gasteiger partial charge on any atom is 0.0706 e. The summed E-state index contributed by atoms with van der Waals surface area (Å²) in [5.74, 6) is 0.904. The van der Waals surface area contributed by atoms with Gasteiger partial charge in [0, 0.05) is 24.3 Å². The van der Waals surface area contributed by atoms with Crippen molar-refractivity contribution in [2.24, 2.45) is 5.92 Å². The number of hydrogen-bond acceptors (Lipinski definition) is 2. The summed E-state index contributed by atoms with van der Waals surface area (Å²) >= 11 is 0. The third-order valence-electron chi connectivity index (χ3n) is 3.45. The van der Waals surface area contributed by atoms with E-state index < -0.39 is 0 Å². The summed E-state index contributed by atoms with van der Waals surface area (Å²) in [7, 11) is 0. The Morgan fingerprint density at radius 2 is 2.38 bits per heavy atom. The minimum atomic E-state index is 0.638. The largest absolute Gasteiger partial charge is 0.310 e. The van der Waals surface area contributed by atoms with Crippen molar-refractivity contribution in [1.82, 2.24) is 14.9 Å². The molecule has 2 heterocycles. The minimum absolute atomic E-state index is 0.638. The molecule has 2 aromatic heterocycles. The predicted molar refractivity (Wildman–Crippen MR) is 64.2 cm³/mol. The molecule has 2 aromatic rings. The third kappa shape index (κ3) is 1.83. The van der Waals surface area contributed by atoms with Gasteiger partial charge in [-0.3, -0.25) is 0 Å². The Labute approximate surface area is 95.5 Å². The molecule has 0 spiro atoms. The molecule has 0 bridgehead atoms. The average Bonchev–Trinajstić information content (AvgIpc) is 3.08.